The van der Waals surface area contributed by atoms with Gasteiger partial charge in [0.1, 0.15) is 0 Å². The first-order valence-electron chi connectivity index (χ1n) is 6.54. The van der Waals surface area contributed by atoms with Crippen molar-refractivity contribution in [1.29, 1.82) is 0 Å². The fourth-order valence-corrected chi connectivity index (χ4v) is 2.30. The zero-order chi connectivity index (χ0) is 16.3. The molecule has 0 spiro atoms. The minimum Gasteiger partial charge on any atom is -0.324 e. The number of rotatable bonds is 4. The van der Waals surface area contributed by atoms with Crippen molar-refractivity contribution < 1.29 is 9.59 Å². The van der Waals surface area contributed by atoms with E-state index in [-0.39, 0.29) is 11.7 Å². The molecule has 1 amide bonds. The summed E-state index contributed by atoms with van der Waals surface area (Å²) in [6.45, 7) is 1.58. The molecule has 0 aliphatic rings. The standard InChI is InChI=1S/C16H14BrClN2O2/c1-9(19)16(22)20-14-7-4-11(17)8-13(14)15(21)10-2-5-12(18)6-3-10/h2-9H,19H2,1H3,(H,20,22)/t9-/m0/s1. The van der Waals surface area contributed by atoms with Crippen molar-refractivity contribution in [2.45, 2.75) is 13.0 Å². The van der Waals surface area contributed by atoms with E-state index in [0.29, 0.717) is 21.8 Å². The van der Waals surface area contributed by atoms with Gasteiger partial charge < -0.3 is 11.1 Å². The van der Waals surface area contributed by atoms with Crippen molar-refractivity contribution in [3.05, 3.63) is 63.1 Å². The molecule has 0 unspecified atom stereocenters. The van der Waals surface area contributed by atoms with Crippen molar-refractivity contribution in [3.63, 3.8) is 0 Å². The van der Waals surface area contributed by atoms with E-state index in [1.165, 1.54) is 0 Å². The lowest BCUT2D eigenvalue weighted by molar-refractivity contribution is -0.117. The van der Waals surface area contributed by atoms with Crippen LogP contribution in [-0.2, 0) is 4.79 Å². The van der Waals surface area contributed by atoms with Crippen LogP contribution in [0.25, 0.3) is 0 Å². The second kappa shape index (κ2) is 7.05. The molecule has 0 saturated carbocycles. The predicted octanol–water partition coefficient (Wildman–Crippen LogP) is 3.62. The quantitative estimate of drug-likeness (QED) is 0.795. The van der Waals surface area contributed by atoms with Gasteiger partial charge in [0.05, 0.1) is 11.7 Å². The number of halogens is 2. The van der Waals surface area contributed by atoms with E-state index in [4.69, 9.17) is 17.3 Å². The number of amides is 1. The van der Waals surface area contributed by atoms with Crippen molar-refractivity contribution in [3.8, 4) is 0 Å². The molecule has 0 aliphatic heterocycles. The molecule has 1 atom stereocenters. The fourth-order valence-electron chi connectivity index (χ4n) is 1.82. The van der Waals surface area contributed by atoms with Gasteiger partial charge in [-0.2, -0.15) is 0 Å². The molecule has 4 nitrogen and oxygen atoms in total. The van der Waals surface area contributed by atoms with Crippen LogP contribution in [0.4, 0.5) is 5.69 Å². The number of anilines is 1. The Hall–Kier alpha value is -1.69. The fraction of sp³-hybridized carbons (Fsp3) is 0.125. The van der Waals surface area contributed by atoms with E-state index < -0.39 is 6.04 Å². The Balaban J connectivity index is 2.40. The van der Waals surface area contributed by atoms with Crippen LogP contribution in [0.5, 0.6) is 0 Å². The van der Waals surface area contributed by atoms with E-state index in [0.717, 1.165) is 4.47 Å². The van der Waals surface area contributed by atoms with E-state index >= 15 is 0 Å². The van der Waals surface area contributed by atoms with Gasteiger partial charge in [-0.1, -0.05) is 27.5 Å². The third-order valence-electron chi connectivity index (χ3n) is 3.00. The van der Waals surface area contributed by atoms with Gasteiger partial charge >= 0.3 is 0 Å². The maximum atomic E-state index is 12.6. The SMILES string of the molecule is C[C@H](N)C(=O)Nc1ccc(Br)cc1C(=O)c1ccc(Cl)cc1. The molecular formula is C16H14BrClN2O2. The largest absolute Gasteiger partial charge is 0.324 e. The second-order valence-electron chi connectivity index (χ2n) is 4.80. The predicted molar refractivity (Wildman–Crippen MR) is 91.3 cm³/mol. The number of ketones is 1. The van der Waals surface area contributed by atoms with Crippen LogP contribution in [0.2, 0.25) is 5.02 Å². The Morgan fingerprint density at radius 1 is 1.18 bits per heavy atom. The summed E-state index contributed by atoms with van der Waals surface area (Å²) >= 11 is 9.17. The summed E-state index contributed by atoms with van der Waals surface area (Å²) < 4.78 is 0.739. The first-order chi connectivity index (χ1) is 10.4. The summed E-state index contributed by atoms with van der Waals surface area (Å²) in [5.41, 5.74) is 6.83. The van der Waals surface area contributed by atoms with Gasteiger partial charge in [0.15, 0.2) is 5.78 Å². The van der Waals surface area contributed by atoms with Crippen LogP contribution < -0.4 is 11.1 Å². The van der Waals surface area contributed by atoms with Gasteiger partial charge in [-0.05, 0) is 49.4 Å². The van der Waals surface area contributed by atoms with Gasteiger partial charge in [0, 0.05) is 20.6 Å². The Morgan fingerprint density at radius 3 is 2.41 bits per heavy atom. The normalized spacial score (nSPS) is 11.8. The highest BCUT2D eigenvalue weighted by atomic mass is 79.9. The van der Waals surface area contributed by atoms with Crippen LogP contribution >= 0.6 is 27.5 Å². The van der Waals surface area contributed by atoms with Crippen molar-refractivity contribution in [2.24, 2.45) is 5.73 Å². The first kappa shape index (κ1) is 16.7. The minimum absolute atomic E-state index is 0.210. The third-order valence-corrected chi connectivity index (χ3v) is 3.75. The summed E-state index contributed by atoms with van der Waals surface area (Å²) in [4.78, 5) is 24.4. The van der Waals surface area contributed by atoms with E-state index in [2.05, 4.69) is 21.2 Å². The monoisotopic (exact) mass is 380 g/mol. The lowest BCUT2D eigenvalue weighted by atomic mass is 10.0. The Morgan fingerprint density at radius 2 is 1.82 bits per heavy atom. The molecule has 2 aromatic rings. The summed E-state index contributed by atoms with van der Waals surface area (Å²) in [6.07, 6.45) is 0. The topological polar surface area (TPSA) is 72.2 Å². The zero-order valence-corrected chi connectivity index (χ0v) is 14.1. The van der Waals surface area contributed by atoms with Gasteiger partial charge in [0.25, 0.3) is 0 Å². The average Bonchev–Trinajstić information content (AvgIpc) is 2.49. The summed E-state index contributed by atoms with van der Waals surface area (Å²) in [5, 5.41) is 3.22. The van der Waals surface area contributed by atoms with Crippen molar-refractivity contribution >= 4 is 44.9 Å². The molecule has 0 bridgehead atoms. The van der Waals surface area contributed by atoms with E-state index in [1.807, 2.05) is 0 Å². The lowest BCUT2D eigenvalue weighted by Gasteiger charge is -2.12. The molecular weight excluding hydrogens is 368 g/mol. The number of hydrogen-bond acceptors (Lipinski definition) is 3. The van der Waals surface area contributed by atoms with Crippen LogP contribution in [0.15, 0.2) is 46.9 Å². The second-order valence-corrected chi connectivity index (χ2v) is 6.16. The zero-order valence-electron chi connectivity index (χ0n) is 11.8. The highest BCUT2D eigenvalue weighted by Gasteiger charge is 2.17. The number of nitrogens with two attached hydrogens (primary N) is 1. The number of hydrogen-bond donors (Lipinski definition) is 2. The Bertz CT molecular complexity index is 715. The molecule has 2 aromatic carbocycles. The summed E-state index contributed by atoms with van der Waals surface area (Å²) in [7, 11) is 0. The molecule has 6 heteroatoms. The van der Waals surface area contributed by atoms with Crippen LogP contribution in [-0.4, -0.2) is 17.7 Å². The highest BCUT2D eigenvalue weighted by molar-refractivity contribution is 9.10. The molecule has 0 aliphatic carbocycles. The molecule has 0 aromatic heterocycles. The number of benzene rings is 2. The third kappa shape index (κ3) is 3.94. The van der Waals surface area contributed by atoms with Gasteiger partial charge in [-0.25, -0.2) is 0 Å². The molecule has 114 valence electrons. The molecule has 3 N–H and O–H groups in total. The number of carbonyl (C=O) groups excluding carboxylic acids is 2. The maximum Gasteiger partial charge on any atom is 0.241 e. The van der Waals surface area contributed by atoms with Crippen molar-refractivity contribution in [1.82, 2.24) is 0 Å². The summed E-state index contributed by atoms with van der Waals surface area (Å²) in [5.74, 6) is -0.564. The number of nitrogens with one attached hydrogen (secondary N) is 1. The molecule has 22 heavy (non-hydrogen) atoms. The average molecular weight is 382 g/mol. The van der Waals surface area contributed by atoms with Crippen molar-refractivity contribution in [2.75, 3.05) is 5.32 Å². The molecule has 0 heterocycles. The number of carbonyl (C=O) groups is 2. The van der Waals surface area contributed by atoms with E-state index in [9.17, 15) is 9.59 Å². The van der Waals surface area contributed by atoms with Gasteiger partial charge in [-0.15, -0.1) is 0 Å². The molecule has 2 rings (SSSR count). The Kier molecular flexibility index (Phi) is 5.34. The van der Waals surface area contributed by atoms with Gasteiger partial charge in [-0.3, -0.25) is 9.59 Å². The van der Waals surface area contributed by atoms with Crippen LogP contribution in [0.3, 0.4) is 0 Å². The Labute approximate surface area is 141 Å². The molecule has 0 radical (unpaired) electrons. The van der Waals surface area contributed by atoms with Crippen LogP contribution in [0, 0.1) is 0 Å². The molecule has 0 fully saturated rings. The van der Waals surface area contributed by atoms with Crippen LogP contribution in [0.1, 0.15) is 22.8 Å². The molecule has 0 saturated heterocycles. The summed E-state index contributed by atoms with van der Waals surface area (Å²) in [6, 6.07) is 11.0. The minimum atomic E-state index is -0.665. The highest BCUT2D eigenvalue weighted by Crippen LogP contribution is 2.24. The van der Waals surface area contributed by atoms with Gasteiger partial charge in [0.2, 0.25) is 5.91 Å². The lowest BCUT2D eigenvalue weighted by Crippen LogP contribution is -2.33. The first-order valence-corrected chi connectivity index (χ1v) is 7.72. The van der Waals surface area contributed by atoms with E-state index in [1.54, 1.807) is 49.4 Å². The smallest absolute Gasteiger partial charge is 0.241 e. The maximum absolute atomic E-state index is 12.6.